The molecule has 1 aromatic rings. The summed E-state index contributed by atoms with van der Waals surface area (Å²) in [6, 6.07) is 8.25. The zero-order chi connectivity index (χ0) is 13.5. The molecule has 1 rings (SSSR count). The summed E-state index contributed by atoms with van der Waals surface area (Å²) in [4.78, 5) is 13.0. The second-order valence-electron chi connectivity index (χ2n) is 4.44. The minimum absolute atomic E-state index is 0.0450. The van der Waals surface area contributed by atoms with E-state index < -0.39 is 0 Å². The Morgan fingerprint density at radius 3 is 2.50 bits per heavy atom. The van der Waals surface area contributed by atoms with E-state index in [2.05, 4.69) is 24.4 Å². The van der Waals surface area contributed by atoms with Gasteiger partial charge in [0.25, 0.3) is 0 Å². The summed E-state index contributed by atoms with van der Waals surface area (Å²) in [5.41, 5.74) is 1.23. The second kappa shape index (κ2) is 7.44. The summed E-state index contributed by atoms with van der Waals surface area (Å²) in [6.07, 6.45) is 0. The molecule has 0 aliphatic rings. The van der Waals surface area contributed by atoms with Crippen LogP contribution < -0.4 is 5.32 Å². The minimum atomic E-state index is -0.105. The maximum Gasteiger partial charge on any atom is 0.233 e. The molecule has 0 fully saturated rings. The third-order valence-electron chi connectivity index (χ3n) is 2.51. The number of carbonyl (C=O) groups is 1. The number of carbonyl (C=O) groups excluding carboxylic acids is 1. The lowest BCUT2D eigenvalue weighted by molar-refractivity contribution is -0.121. The largest absolute Gasteiger partial charge is 0.383 e. The number of hydrogen-bond acceptors (Lipinski definition) is 3. The summed E-state index contributed by atoms with van der Waals surface area (Å²) in [5.74, 6) is 0.0464. The van der Waals surface area contributed by atoms with Crippen molar-refractivity contribution < 1.29 is 9.53 Å². The van der Waals surface area contributed by atoms with Crippen molar-refractivity contribution in [1.82, 2.24) is 5.32 Å². The van der Waals surface area contributed by atoms with Crippen molar-refractivity contribution in [2.45, 2.75) is 37.0 Å². The van der Waals surface area contributed by atoms with Crippen molar-refractivity contribution in [3.63, 3.8) is 0 Å². The number of aryl methyl sites for hydroxylation is 1. The number of amides is 1. The van der Waals surface area contributed by atoms with Crippen molar-refractivity contribution in [2.24, 2.45) is 0 Å². The lowest BCUT2D eigenvalue weighted by Crippen LogP contribution is -2.39. The smallest absolute Gasteiger partial charge is 0.233 e. The molecule has 0 aliphatic heterocycles. The van der Waals surface area contributed by atoms with E-state index in [9.17, 15) is 4.79 Å². The van der Waals surface area contributed by atoms with Gasteiger partial charge in [-0.05, 0) is 32.9 Å². The normalized spacial score (nSPS) is 14.0. The molecule has 4 heteroatoms. The predicted octanol–water partition coefficient (Wildman–Crippen LogP) is 2.63. The number of rotatable bonds is 6. The zero-order valence-corrected chi connectivity index (χ0v) is 12.2. The van der Waals surface area contributed by atoms with Crippen LogP contribution in [0.1, 0.15) is 19.4 Å². The molecule has 0 aromatic heterocycles. The average Bonchev–Trinajstić information content (AvgIpc) is 2.32. The van der Waals surface area contributed by atoms with Crippen LogP contribution >= 0.6 is 11.8 Å². The highest BCUT2D eigenvalue weighted by molar-refractivity contribution is 8.00. The van der Waals surface area contributed by atoms with Crippen LogP contribution in [-0.4, -0.2) is 30.9 Å². The molecule has 0 saturated heterocycles. The fraction of sp³-hybridized carbons (Fsp3) is 0.500. The maximum absolute atomic E-state index is 11.9. The van der Waals surface area contributed by atoms with Crippen molar-refractivity contribution in [3.8, 4) is 0 Å². The van der Waals surface area contributed by atoms with Crippen molar-refractivity contribution in [3.05, 3.63) is 29.8 Å². The number of ether oxygens (including phenoxy) is 1. The van der Waals surface area contributed by atoms with Gasteiger partial charge in [0.15, 0.2) is 0 Å². The van der Waals surface area contributed by atoms with Gasteiger partial charge < -0.3 is 10.1 Å². The summed E-state index contributed by atoms with van der Waals surface area (Å²) < 4.78 is 4.99. The first-order chi connectivity index (χ1) is 8.52. The highest BCUT2D eigenvalue weighted by Crippen LogP contribution is 2.23. The third-order valence-corrected chi connectivity index (χ3v) is 3.62. The molecule has 100 valence electrons. The fourth-order valence-corrected chi connectivity index (χ4v) is 2.40. The summed E-state index contributed by atoms with van der Waals surface area (Å²) in [6.45, 7) is 6.44. The Balaban J connectivity index is 2.46. The summed E-state index contributed by atoms with van der Waals surface area (Å²) in [7, 11) is 1.63. The zero-order valence-electron chi connectivity index (χ0n) is 11.4. The van der Waals surface area contributed by atoms with Gasteiger partial charge in [-0.25, -0.2) is 0 Å². The second-order valence-corrected chi connectivity index (χ2v) is 5.85. The molecule has 1 aromatic carbocycles. The lowest BCUT2D eigenvalue weighted by Gasteiger charge is -2.16. The number of benzene rings is 1. The van der Waals surface area contributed by atoms with E-state index in [0.717, 1.165) is 4.90 Å². The Kier molecular flexibility index (Phi) is 6.22. The summed E-state index contributed by atoms with van der Waals surface area (Å²) in [5, 5.41) is 2.82. The molecule has 0 radical (unpaired) electrons. The van der Waals surface area contributed by atoms with E-state index in [4.69, 9.17) is 4.74 Å². The van der Waals surface area contributed by atoms with E-state index in [0.29, 0.717) is 6.61 Å². The maximum atomic E-state index is 11.9. The molecule has 0 saturated carbocycles. The van der Waals surface area contributed by atoms with Gasteiger partial charge in [0.1, 0.15) is 0 Å². The average molecular weight is 267 g/mol. The van der Waals surface area contributed by atoms with E-state index in [-0.39, 0.29) is 17.2 Å². The molecular weight excluding hydrogens is 246 g/mol. The molecule has 1 N–H and O–H groups in total. The molecule has 3 nitrogen and oxygen atoms in total. The number of thioether (sulfide) groups is 1. The Morgan fingerprint density at radius 1 is 1.33 bits per heavy atom. The molecule has 1 amide bonds. The van der Waals surface area contributed by atoms with Crippen LogP contribution in [0.2, 0.25) is 0 Å². The van der Waals surface area contributed by atoms with Gasteiger partial charge in [-0.15, -0.1) is 11.8 Å². The van der Waals surface area contributed by atoms with Gasteiger partial charge in [-0.2, -0.15) is 0 Å². The Bertz CT molecular complexity index is 378. The Labute approximate surface area is 113 Å². The number of nitrogens with one attached hydrogen (secondary N) is 1. The van der Waals surface area contributed by atoms with Gasteiger partial charge in [-0.3, -0.25) is 4.79 Å². The number of hydrogen-bond donors (Lipinski definition) is 1. The number of methoxy groups -OCH3 is 1. The molecule has 0 bridgehead atoms. The van der Waals surface area contributed by atoms with Crippen LogP contribution in [0.25, 0.3) is 0 Å². The minimum Gasteiger partial charge on any atom is -0.383 e. The van der Waals surface area contributed by atoms with Crippen LogP contribution in [0, 0.1) is 6.92 Å². The molecule has 0 aliphatic carbocycles. The molecule has 0 unspecified atom stereocenters. The first-order valence-corrected chi connectivity index (χ1v) is 6.93. The van der Waals surface area contributed by atoms with Crippen molar-refractivity contribution in [2.75, 3.05) is 13.7 Å². The van der Waals surface area contributed by atoms with Crippen molar-refractivity contribution >= 4 is 17.7 Å². The standard InChI is InChI=1S/C14H21NO2S/c1-10-5-7-13(8-6-10)18-12(3)14(16)15-11(2)9-17-4/h5-8,11-12H,9H2,1-4H3,(H,15,16)/t11-,12-/m1/s1. The highest BCUT2D eigenvalue weighted by atomic mass is 32.2. The fourth-order valence-electron chi connectivity index (χ4n) is 1.53. The van der Waals surface area contributed by atoms with Crippen LogP contribution in [0.3, 0.4) is 0 Å². The van der Waals surface area contributed by atoms with E-state index in [1.807, 2.05) is 26.0 Å². The van der Waals surface area contributed by atoms with Crippen LogP contribution in [-0.2, 0) is 9.53 Å². The molecule has 0 heterocycles. The summed E-state index contributed by atoms with van der Waals surface area (Å²) >= 11 is 1.57. The van der Waals surface area contributed by atoms with Crippen LogP contribution in [0.5, 0.6) is 0 Å². The Morgan fingerprint density at radius 2 is 1.94 bits per heavy atom. The van der Waals surface area contributed by atoms with Gasteiger partial charge in [0.05, 0.1) is 11.9 Å². The van der Waals surface area contributed by atoms with Crippen LogP contribution in [0.15, 0.2) is 29.2 Å². The predicted molar refractivity (Wildman–Crippen MR) is 76.0 cm³/mol. The molecule has 0 spiro atoms. The first kappa shape index (κ1) is 15.1. The molecule has 18 heavy (non-hydrogen) atoms. The molecule has 2 atom stereocenters. The van der Waals surface area contributed by atoms with E-state index in [1.54, 1.807) is 18.9 Å². The van der Waals surface area contributed by atoms with E-state index >= 15 is 0 Å². The monoisotopic (exact) mass is 267 g/mol. The van der Waals surface area contributed by atoms with Crippen molar-refractivity contribution in [1.29, 1.82) is 0 Å². The highest BCUT2D eigenvalue weighted by Gasteiger charge is 2.16. The Hall–Kier alpha value is -1.00. The SMILES string of the molecule is COC[C@@H](C)NC(=O)[C@@H](C)Sc1ccc(C)cc1. The van der Waals surface area contributed by atoms with Gasteiger partial charge in [0, 0.05) is 18.0 Å². The lowest BCUT2D eigenvalue weighted by atomic mass is 10.2. The first-order valence-electron chi connectivity index (χ1n) is 6.05. The molecular formula is C14H21NO2S. The quantitative estimate of drug-likeness (QED) is 0.805. The van der Waals surface area contributed by atoms with Gasteiger partial charge in [0.2, 0.25) is 5.91 Å². The van der Waals surface area contributed by atoms with Gasteiger partial charge >= 0.3 is 0 Å². The van der Waals surface area contributed by atoms with Gasteiger partial charge in [-0.1, -0.05) is 17.7 Å². The van der Waals surface area contributed by atoms with E-state index in [1.165, 1.54) is 5.56 Å². The third kappa shape index (κ3) is 5.10. The topological polar surface area (TPSA) is 38.3 Å². The van der Waals surface area contributed by atoms with Crippen LogP contribution in [0.4, 0.5) is 0 Å².